The van der Waals surface area contributed by atoms with Crippen LogP contribution in [0.2, 0.25) is 0 Å². The molecule has 0 saturated heterocycles. The van der Waals surface area contributed by atoms with Crippen molar-refractivity contribution in [3.63, 3.8) is 0 Å². The maximum atomic E-state index is 11.7. The maximum absolute atomic E-state index is 11.7. The van der Waals surface area contributed by atoms with E-state index in [-0.39, 0.29) is 5.56 Å². The Kier molecular flexibility index (Phi) is 3.92. The summed E-state index contributed by atoms with van der Waals surface area (Å²) in [6, 6.07) is 5.92. The second-order valence-electron chi connectivity index (χ2n) is 4.51. The van der Waals surface area contributed by atoms with Crippen molar-refractivity contribution >= 4 is 0 Å². The number of aromatic amines is 1. The van der Waals surface area contributed by atoms with E-state index in [0.29, 0.717) is 0 Å². The Bertz CT molecular complexity index is 573. The van der Waals surface area contributed by atoms with Gasteiger partial charge in [0.1, 0.15) is 0 Å². The highest BCUT2D eigenvalue weighted by atomic mass is 16.1. The van der Waals surface area contributed by atoms with Crippen molar-refractivity contribution in [2.24, 2.45) is 0 Å². The standard InChI is InChI=1S/C15H18N2O/c1-3-4-5-14-13(10-11(2)15(18)17-14)12-6-8-16-9-7-12/h6-10H,3-5H2,1-2H3,(H,17,18). The van der Waals surface area contributed by atoms with Crippen molar-refractivity contribution in [3.8, 4) is 11.1 Å². The van der Waals surface area contributed by atoms with E-state index in [1.807, 2.05) is 25.1 Å². The minimum absolute atomic E-state index is 0.0129. The van der Waals surface area contributed by atoms with Crippen molar-refractivity contribution in [2.45, 2.75) is 33.1 Å². The number of unbranched alkanes of at least 4 members (excludes halogenated alkanes) is 1. The summed E-state index contributed by atoms with van der Waals surface area (Å²) < 4.78 is 0. The quantitative estimate of drug-likeness (QED) is 0.895. The summed E-state index contributed by atoms with van der Waals surface area (Å²) in [7, 11) is 0. The summed E-state index contributed by atoms with van der Waals surface area (Å²) in [5.41, 5.74) is 4.01. The fourth-order valence-electron chi connectivity index (χ4n) is 2.01. The fraction of sp³-hybridized carbons (Fsp3) is 0.333. The molecular weight excluding hydrogens is 224 g/mol. The Hall–Kier alpha value is -1.90. The summed E-state index contributed by atoms with van der Waals surface area (Å²) in [4.78, 5) is 18.8. The van der Waals surface area contributed by atoms with Gasteiger partial charge in [-0.05, 0) is 43.5 Å². The molecule has 2 rings (SSSR count). The zero-order chi connectivity index (χ0) is 13.0. The monoisotopic (exact) mass is 242 g/mol. The second kappa shape index (κ2) is 5.63. The van der Waals surface area contributed by atoms with Crippen LogP contribution in [-0.2, 0) is 6.42 Å². The molecule has 1 N–H and O–H groups in total. The summed E-state index contributed by atoms with van der Waals surface area (Å²) >= 11 is 0. The SMILES string of the molecule is CCCCc1[nH]c(=O)c(C)cc1-c1ccncc1. The van der Waals surface area contributed by atoms with Crippen LogP contribution in [0.4, 0.5) is 0 Å². The Morgan fingerprint density at radius 3 is 2.67 bits per heavy atom. The summed E-state index contributed by atoms with van der Waals surface area (Å²) in [6.45, 7) is 3.99. The lowest BCUT2D eigenvalue weighted by Crippen LogP contribution is -2.13. The van der Waals surface area contributed by atoms with Crippen LogP contribution in [0.5, 0.6) is 0 Å². The first kappa shape index (κ1) is 12.6. The van der Waals surface area contributed by atoms with Crippen LogP contribution < -0.4 is 5.56 Å². The molecule has 0 aliphatic carbocycles. The Morgan fingerprint density at radius 1 is 1.28 bits per heavy atom. The molecule has 0 fully saturated rings. The molecule has 3 nitrogen and oxygen atoms in total. The maximum Gasteiger partial charge on any atom is 0.251 e. The van der Waals surface area contributed by atoms with Crippen molar-refractivity contribution in [3.05, 3.63) is 52.2 Å². The first-order chi connectivity index (χ1) is 8.72. The van der Waals surface area contributed by atoms with Crippen LogP contribution >= 0.6 is 0 Å². The topological polar surface area (TPSA) is 45.8 Å². The van der Waals surface area contributed by atoms with Crippen molar-refractivity contribution in [1.29, 1.82) is 0 Å². The molecule has 0 saturated carbocycles. The van der Waals surface area contributed by atoms with Gasteiger partial charge in [0.25, 0.3) is 5.56 Å². The minimum Gasteiger partial charge on any atom is -0.325 e. The Balaban J connectivity index is 2.50. The lowest BCUT2D eigenvalue weighted by molar-refractivity contribution is 0.774. The number of nitrogens with one attached hydrogen (secondary N) is 1. The predicted octanol–water partition coefficient (Wildman–Crippen LogP) is 3.09. The number of hydrogen-bond acceptors (Lipinski definition) is 2. The average Bonchev–Trinajstić information content (AvgIpc) is 2.40. The van der Waals surface area contributed by atoms with Gasteiger partial charge in [0.15, 0.2) is 0 Å². The van der Waals surface area contributed by atoms with Crippen molar-refractivity contribution in [1.82, 2.24) is 9.97 Å². The van der Waals surface area contributed by atoms with Gasteiger partial charge >= 0.3 is 0 Å². The zero-order valence-electron chi connectivity index (χ0n) is 10.9. The van der Waals surface area contributed by atoms with Crippen LogP contribution in [0.25, 0.3) is 11.1 Å². The number of aryl methyl sites for hydroxylation is 2. The number of H-pyrrole nitrogens is 1. The van der Waals surface area contributed by atoms with Gasteiger partial charge in [0.05, 0.1) is 0 Å². The number of rotatable bonds is 4. The molecule has 2 heterocycles. The predicted molar refractivity (Wildman–Crippen MR) is 73.6 cm³/mol. The van der Waals surface area contributed by atoms with Crippen molar-refractivity contribution < 1.29 is 0 Å². The Morgan fingerprint density at radius 2 is 2.00 bits per heavy atom. The highest BCUT2D eigenvalue weighted by Gasteiger charge is 2.08. The van der Waals surface area contributed by atoms with E-state index in [2.05, 4.69) is 16.9 Å². The third-order valence-corrected chi connectivity index (χ3v) is 3.08. The van der Waals surface area contributed by atoms with Crippen LogP contribution in [0.1, 0.15) is 31.0 Å². The molecule has 0 aliphatic rings. The smallest absolute Gasteiger partial charge is 0.251 e. The highest BCUT2D eigenvalue weighted by molar-refractivity contribution is 5.65. The van der Waals surface area contributed by atoms with Gasteiger partial charge in [0.2, 0.25) is 0 Å². The number of pyridine rings is 2. The average molecular weight is 242 g/mol. The minimum atomic E-state index is 0.0129. The normalized spacial score (nSPS) is 10.6. The molecule has 3 heteroatoms. The van der Waals surface area contributed by atoms with Crippen molar-refractivity contribution in [2.75, 3.05) is 0 Å². The molecule has 18 heavy (non-hydrogen) atoms. The lowest BCUT2D eigenvalue weighted by Gasteiger charge is -2.10. The first-order valence-electron chi connectivity index (χ1n) is 6.35. The van der Waals surface area contributed by atoms with E-state index in [1.54, 1.807) is 12.4 Å². The van der Waals surface area contributed by atoms with Crippen LogP contribution in [-0.4, -0.2) is 9.97 Å². The molecule has 0 aliphatic heterocycles. The van der Waals surface area contributed by atoms with Gasteiger partial charge < -0.3 is 4.98 Å². The fourth-order valence-corrected chi connectivity index (χ4v) is 2.01. The summed E-state index contributed by atoms with van der Waals surface area (Å²) in [6.07, 6.45) is 6.66. The molecule has 0 aromatic carbocycles. The van der Waals surface area contributed by atoms with Crippen LogP contribution in [0.3, 0.4) is 0 Å². The molecule has 0 amide bonds. The first-order valence-corrected chi connectivity index (χ1v) is 6.35. The Labute approximate surface area is 107 Å². The van der Waals surface area contributed by atoms with Gasteiger partial charge in [-0.2, -0.15) is 0 Å². The van der Waals surface area contributed by atoms with E-state index in [0.717, 1.165) is 41.6 Å². The van der Waals surface area contributed by atoms with Gasteiger partial charge in [-0.15, -0.1) is 0 Å². The molecule has 2 aromatic rings. The van der Waals surface area contributed by atoms with Crippen LogP contribution in [0.15, 0.2) is 35.4 Å². The molecule has 2 aromatic heterocycles. The van der Waals surface area contributed by atoms with Crippen LogP contribution in [0, 0.1) is 6.92 Å². The molecule has 94 valence electrons. The third kappa shape index (κ3) is 2.67. The summed E-state index contributed by atoms with van der Waals surface area (Å²) in [5, 5.41) is 0. The van der Waals surface area contributed by atoms with E-state index >= 15 is 0 Å². The highest BCUT2D eigenvalue weighted by Crippen LogP contribution is 2.22. The van der Waals surface area contributed by atoms with E-state index in [1.165, 1.54) is 0 Å². The number of nitrogens with zero attached hydrogens (tertiary/aromatic N) is 1. The van der Waals surface area contributed by atoms with Gasteiger partial charge in [-0.3, -0.25) is 9.78 Å². The molecule has 0 bridgehead atoms. The lowest BCUT2D eigenvalue weighted by atomic mass is 10.0. The van der Waals surface area contributed by atoms with Gasteiger partial charge in [-0.1, -0.05) is 13.3 Å². The van der Waals surface area contributed by atoms with E-state index in [4.69, 9.17) is 0 Å². The van der Waals surface area contributed by atoms with Gasteiger partial charge in [0, 0.05) is 29.2 Å². The third-order valence-electron chi connectivity index (χ3n) is 3.08. The van der Waals surface area contributed by atoms with E-state index < -0.39 is 0 Å². The zero-order valence-corrected chi connectivity index (χ0v) is 10.9. The molecular formula is C15H18N2O. The molecule has 0 radical (unpaired) electrons. The van der Waals surface area contributed by atoms with Gasteiger partial charge in [-0.25, -0.2) is 0 Å². The molecule has 0 atom stereocenters. The van der Waals surface area contributed by atoms with E-state index in [9.17, 15) is 4.79 Å². The largest absolute Gasteiger partial charge is 0.325 e. The molecule has 0 unspecified atom stereocenters. The number of aromatic nitrogens is 2. The molecule has 0 spiro atoms. The second-order valence-corrected chi connectivity index (χ2v) is 4.51. The summed E-state index contributed by atoms with van der Waals surface area (Å²) in [5.74, 6) is 0. The number of hydrogen-bond donors (Lipinski definition) is 1.